The number of pyridine rings is 1. The van der Waals surface area contributed by atoms with Crippen LogP contribution in [-0.2, 0) is 0 Å². The molecule has 2 heterocycles. The van der Waals surface area contributed by atoms with Crippen LogP contribution in [0.2, 0.25) is 0 Å². The van der Waals surface area contributed by atoms with Gasteiger partial charge >= 0.3 is 0 Å². The minimum absolute atomic E-state index is 0.709. The highest BCUT2D eigenvalue weighted by molar-refractivity contribution is 5.93. The van der Waals surface area contributed by atoms with Gasteiger partial charge in [-0.3, -0.25) is 4.98 Å². The molecule has 0 amide bonds. The first kappa shape index (κ1) is 14.3. The summed E-state index contributed by atoms with van der Waals surface area (Å²) in [6, 6.07) is 22.0. The number of hydrogen-bond acceptors (Lipinski definition) is 4. The Kier molecular flexibility index (Phi) is 3.63. The van der Waals surface area contributed by atoms with Crippen molar-refractivity contribution in [3.8, 4) is 22.8 Å². The standard InChI is InChI=1S/C20H16N4/c1-21-15-11-12-22-18(13-15)19-16-9-5-6-10-17(16)23-20(24-19)14-7-3-2-4-8-14/h2-13H,1H3,(H,21,22). The van der Waals surface area contributed by atoms with Gasteiger partial charge < -0.3 is 5.32 Å². The molecule has 0 aliphatic heterocycles. The molecule has 4 nitrogen and oxygen atoms in total. The van der Waals surface area contributed by atoms with Crippen LogP contribution in [0.3, 0.4) is 0 Å². The van der Waals surface area contributed by atoms with Crippen molar-refractivity contribution in [3.05, 3.63) is 72.9 Å². The third-order valence-electron chi connectivity index (χ3n) is 3.93. The second-order valence-electron chi connectivity index (χ2n) is 5.46. The zero-order valence-electron chi connectivity index (χ0n) is 13.3. The molecular weight excluding hydrogens is 296 g/mol. The number of hydrogen-bond donors (Lipinski definition) is 1. The lowest BCUT2D eigenvalue weighted by molar-refractivity contribution is 1.20. The van der Waals surface area contributed by atoms with Crippen LogP contribution in [0.15, 0.2) is 72.9 Å². The van der Waals surface area contributed by atoms with Crippen LogP contribution in [0.1, 0.15) is 0 Å². The highest BCUT2D eigenvalue weighted by Gasteiger charge is 2.12. The smallest absolute Gasteiger partial charge is 0.160 e. The Labute approximate surface area is 140 Å². The van der Waals surface area contributed by atoms with Crippen molar-refractivity contribution in [1.82, 2.24) is 15.0 Å². The van der Waals surface area contributed by atoms with E-state index in [1.165, 1.54) is 0 Å². The van der Waals surface area contributed by atoms with Crippen molar-refractivity contribution in [3.63, 3.8) is 0 Å². The molecule has 2 aromatic heterocycles. The molecule has 0 saturated carbocycles. The molecule has 0 aliphatic rings. The van der Waals surface area contributed by atoms with Gasteiger partial charge in [-0.25, -0.2) is 9.97 Å². The Hall–Kier alpha value is -3.27. The molecule has 4 heteroatoms. The highest BCUT2D eigenvalue weighted by atomic mass is 14.9. The number of nitrogens with zero attached hydrogens (tertiary/aromatic N) is 3. The summed E-state index contributed by atoms with van der Waals surface area (Å²) in [5.41, 5.74) is 4.59. The number of anilines is 1. The van der Waals surface area contributed by atoms with E-state index in [-0.39, 0.29) is 0 Å². The van der Waals surface area contributed by atoms with Gasteiger partial charge in [-0.15, -0.1) is 0 Å². The Balaban J connectivity index is 1.99. The number of benzene rings is 2. The first-order valence-corrected chi connectivity index (χ1v) is 7.81. The van der Waals surface area contributed by atoms with Crippen LogP contribution in [0.25, 0.3) is 33.7 Å². The van der Waals surface area contributed by atoms with E-state index in [0.29, 0.717) is 5.82 Å². The van der Waals surface area contributed by atoms with E-state index in [2.05, 4.69) is 10.3 Å². The second-order valence-corrected chi connectivity index (χ2v) is 5.46. The van der Waals surface area contributed by atoms with Gasteiger partial charge in [0.1, 0.15) is 5.69 Å². The lowest BCUT2D eigenvalue weighted by atomic mass is 10.1. The maximum atomic E-state index is 4.82. The van der Waals surface area contributed by atoms with Gasteiger partial charge in [-0.05, 0) is 18.2 Å². The zero-order valence-corrected chi connectivity index (χ0v) is 13.3. The van der Waals surface area contributed by atoms with E-state index < -0.39 is 0 Å². The molecule has 0 atom stereocenters. The monoisotopic (exact) mass is 312 g/mol. The summed E-state index contributed by atoms with van der Waals surface area (Å²) < 4.78 is 0. The minimum atomic E-state index is 0.709. The largest absolute Gasteiger partial charge is 0.388 e. The molecule has 0 saturated heterocycles. The van der Waals surface area contributed by atoms with Crippen LogP contribution in [0, 0.1) is 0 Å². The molecule has 0 bridgehead atoms. The van der Waals surface area contributed by atoms with E-state index >= 15 is 0 Å². The predicted octanol–water partition coefficient (Wildman–Crippen LogP) is 4.40. The fraction of sp³-hybridized carbons (Fsp3) is 0.0500. The van der Waals surface area contributed by atoms with Gasteiger partial charge in [0.2, 0.25) is 0 Å². The molecule has 0 fully saturated rings. The predicted molar refractivity (Wildman–Crippen MR) is 97.8 cm³/mol. The van der Waals surface area contributed by atoms with Crippen LogP contribution < -0.4 is 5.32 Å². The molecule has 24 heavy (non-hydrogen) atoms. The SMILES string of the molecule is CNc1ccnc(-c2nc(-c3ccccc3)nc3ccccc23)c1. The van der Waals surface area contributed by atoms with Crippen molar-refractivity contribution >= 4 is 16.6 Å². The molecule has 1 N–H and O–H groups in total. The number of rotatable bonds is 3. The average Bonchev–Trinajstić information content (AvgIpc) is 2.68. The van der Waals surface area contributed by atoms with Gasteiger partial charge in [-0.2, -0.15) is 0 Å². The highest BCUT2D eigenvalue weighted by Crippen LogP contribution is 2.28. The van der Waals surface area contributed by atoms with E-state index in [1.807, 2.05) is 73.8 Å². The van der Waals surface area contributed by atoms with Gasteiger partial charge in [0, 0.05) is 29.9 Å². The first-order chi connectivity index (χ1) is 11.8. The Bertz CT molecular complexity index is 997. The summed E-state index contributed by atoms with van der Waals surface area (Å²) in [6.45, 7) is 0. The maximum absolute atomic E-state index is 4.82. The van der Waals surface area contributed by atoms with Gasteiger partial charge in [0.25, 0.3) is 0 Å². The molecule has 4 aromatic rings. The molecule has 0 unspecified atom stereocenters. The molecule has 4 rings (SSSR count). The van der Waals surface area contributed by atoms with E-state index in [0.717, 1.165) is 33.5 Å². The quantitative estimate of drug-likeness (QED) is 0.609. The molecule has 2 aromatic carbocycles. The summed E-state index contributed by atoms with van der Waals surface area (Å²) in [6.07, 6.45) is 1.79. The summed E-state index contributed by atoms with van der Waals surface area (Å²) in [4.78, 5) is 14.0. The summed E-state index contributed by atoms with van der Waals surface area (Å²) in [5.74, 6) is 0.709. The van der Waals surface area contributed by atoms with Crippen LogP contribution in [0.4, 0.5) is 5.69 Å². The third-order valence-corrected chi connectivity index (χ3v) is 3.93. The van der Waals surface area contributed by atoms with Crippen molar-refractivity contribution in [2.45, 2.75) is 0 Å². The normalized spacial score (nSPS) is 10.7. The molecule has 0 radical (unpaired) electrons. The third kappa shape index (κ3) is 2.58. The molecule has 116 valence electrons. The summed E-state index contributed by atoms with van der Waals surface area (Å²) in [7, 11) is 1.90. The molecular formula is C20H16N4. The fourth-order valence-electron chi connectivity index (χ4n) is 2.70. The van der Waals surface area contributed by atoms with Crippen molar-refractivity contribution in [1.29, 1.82) is 0 Å². The number of fused-ring (bicyclic) bond motifs is 1. The van der Waals surface area contributed by atoms with Gasteiger partial charge in [0.15, 0.2) is 5.82 Å². The molecule has 0 aliphatic carbocycles. The van der Waals surface area contributed by atoms with Crippen molar-refractivity contribution < 1.29 is 0 Å². The fourth-order valence-corrected chi connectivity index (χ4v) is 2.70. The summed E-state index contributed by atoms with van der Waals surface area (Å²) >= 11 is 0. The van der Waals surface area contributed by atoms with E-state index in [9.17, 15) is 0 Å². The van der Waals surface area contributed by atoms with Crippen LogP contribution in [0.5, 0.6) is 0 Å². The molecule has 0 spiro atoms. The Morgan fingerprint density at radius 1 is 0.833 bits per heavy atom. The van der Waals surface area contributed by atoms with Gasteiger partial charge in [0.05, 0.1) is 11.2 Å². The minimum Gasteiger partial charge on any atom is -0.388 e. The summed E-state index contributed by atoms with van der Waals surface area (Å²) in [5, 5.41) is 4.15. The zero-order chi connectivity index (χ0) is 16.4. The first-order valence-electron chi connectivity index (χ1n) is 7.81. The average molecular weight is 312 g/mol. The van der Waals surface area contributed by atoms with Crippen LogP contribution >= 0.6 is 0 Å². The lowest BCUT2D eigenvalue weighted by Gasteiger charge is -2.09. The topological polar surface area (TPSA) is 50.7 Å². The number of aromatic nitrogens is 3. The lowest BCUT2D eigenvalue weighted by Crippen LogP contribution is -1.97. The van der Waals surface area contributed by atoms with E-state index in [1.54, 1.807) is 6.20 Å². The van der Waals surface area contributed by atoms with Crippen LogP contribution in [-0.4, -0.2) is 22.0 Å². The second kappa shape index (κ2) is 6.08. The number of nitrogens with one attached hydrogen (secondary N) is 1. The number of para-hydroxylation sites is 1. The van der Waals surface area contributed by atoms with Crippen molar-refractivity contribution in [2.75, 3.05) is 12.4 Å². The Morgan fingerprint density at radius 2 is 1.62 bits per heavy atom. The van der Waals surface area contributed by atoms with Crippen molar-refractivity contribution in [2.24, 2.45) is 0 Å². The van der Waals surface area contributed by atoms with Gasteiger partial charge in [-0.1, -0.05) is 48.5 Å². The maximum Gasteiger partial charge on any atom is 0.160 e. The Morgan fingerprint density at radius 3 is 2.46 bits per heavy atom. The van der Waals surface area contributed by atoms with E-state index in [4.69, 9.17) is 9.97 Å².